The highest BCUT2D eigenvalue weighted by atomic mass is 127. The van der Waals surface area contributed by atoms with Crippen molar-refractivity contribution >= 4 is 52.2 Å². The molecule has 0 unspecified atom stereocenters. The molecule has 1 heterocycles. The van der Waals surface area contributed by atoms with E-state index in [-0.39, 0.29) is 5.15 Å². The summed E-state index contributed by atoms with van der Waals surface area (Å²) in [5.74, 6) is 0. The van der Waals surface area contributed by atoms with E-state index in [1.54, 1.807) is 0 Å². The topological polar surface area (TPSA) is 42.9 Å². The van der Waals surface area contributed by atoms with Gasteiger partial charge < -0.3 is 0 Å². The zero-order valence-electron chi connectivity index (χ0n) is 6.04. The molecule has 0 aliphatic carbocycles. The first-order valence-electron chi connectivity index (χ1n) is 2.91. The third-order valence-corrected chi connectivity index (χ3v) is 2.79. The Labute approximate surface area is 92.5 Å². The van der Waals surface area contributed by atoms with Gasteiger partial charge in [-0.05, 0) is 28.8 Å². The summed E-state index contributed by atoms with van der Waals surface area (Å²) < 4.78 is 0.590. The lowest BCUT2D eigenvalue weighted by Crippen LogP contribution is -1.97. The molecule has 1 aromatic heterocycles. The standard InChI is InChI=1S/C6H4ClIN2OS/c1-12-6-9-4(7)3(2-11)5(8)10-6/h2H,1H3. The number of hydrogen-bond donors (Lipinski definition) is 0. The molecule has 0 aromatic carbocycles. The van der Waals surface area contributed by atoms with Crippen molar-refractivity contribution in [1.29, 1.82) is 0 Å². The van der Waals surface area contributed by atoms with E-state index in [0.29, 0.717) is 20.7 Å². The number of hydrogen-bond acceptors (Lipinski definition) is 4. The van der Waals surface area contributed by atoms with Gasteiger partial charge in [-0.25, -0.2) is 9.97 Å². The van der Waals surface area contributed by atoms with Gasteiger partial charge in [0.25, 0.3) is 0 Å². The average Bonchev–Trinajstić information content (AvgIpc) is 2.03. The molecule has 0 radical (unpaired) electrons. The van der Waals surface area contributed by atoms with E-state index < -0.39 is 0 Å². The second-order valence-electron chi connectivity index (χ2n) is 1.82. The molecule has 0 aliphatic heterocycles. The molecular formula is C6H4ClIN2OS. The maximum atomic E-state index is 10.5. The lowest BCUT2D eigenvalue weighted by molar-refractivity contribution is 0.112. The Hall–Kier alpha value is 0.120. The molecule has 64 valence electrons. The van der Waals surface area contributed by atoms with Gasteiger partial charge in [0, 0.05) is 0 Å². The second-order valence-corrected chi connectivity index (χ2v) is 3.98. The van der Waals surface area contributed by atoms with Crippen molar-refractivity contribution in [3.63, 3.8) is 0 Å². The number of halogens is 2. The van der Waals surface area contributed by atoms with E-state index in [0.717, 1.165) is 0 Å². The van der Waals surface area contributed by atoms with Gasteiger partial charge in [-0.15, -0.1) is 0 Å². The van der Waals surface area contributed by atoms with Crippen molar-refractivity contribution in [2.24, 2.45) is 0 Å². The maximum absolute atomic E-state index is 10.5. The Morgan fingerprint density at radius 2 is 2.25 bits per heavy atom. The molecule has 3 nitrogen and oxygen atoms in total. The zero-order valence-corrected chi connectivity index (χ0v) is 9.77. The summed E-state index contributed by atoms with van der Waals surface area (Å²) in [6.07, 6.45) is 2.51. The third-order valence-electron chi connectivity index (χ3n) is 1.13. The number of aldehydes is 1. The monoisotopic (exact) mass is 314 g/mol. The summed E-state index contributed by atoms with van der Waals surface area (Å²) in [5, 5.41) is 0.795. The molecule has 0 atom stereocenters. The van der Waals surface area contributed by atoms with Gasteiger partial charge in [0.05, 0.1) is 5.56 Å². The SMILES string of the molecule is CSc1nc(Cl)c(C=O)c(I)n1. The van der Waals surface area contributed by atoms with E-state index in [4.69, 9.17) is 11.6 Å². The predicted molar refractivity (Wildman–Crippen MR) is 56.9 cm³/mol. The zero-order chi connectivity index (χ0) is 9.14. The summed E-state index contributed by atoms with van der Waals surface area (Å²) in [7, 11) is 0. The Kier molecular flexibility index (Phi) is 3.73. The molecular weight excluding hydrogens is 311 g/mol. The van der Waals surface area contributed by atoms with E-state index in [1.807, 2.05) is 28.8 Å². The van der Waals surface area contributed by atoms with Crippen LogP contribution in [0.5, 0.6) is 0 Å². The van der Waals surface area contributed by atoms with Crippen LogP contribution in [0.2, 0.25) is 5.15 Å². The summed E-state index contributed by atoms with van der Waals surface area (Å²) in [6, 6.07) is 0. The third kappa shape index (κ3) is 2.08. The number of carbonyl (C=O) groups excluding carboxylic acids is 1. The predicted octanol–water partition coefficient (Wildman–Crippen LogP) is 2.27. The first-order valence-corrected chi connectivity index (χ1v) is 5.59. The maximum Gasteiger partial charge on any atom is 0.189 e. The fourth-order valence-corrected chi connectivity index (χ4v) is 2.15. The minimum absolute atomic E-state index is 0.216. The normalized spacial score (nSPS) is 9.92. The average molecular weight is 315 g/mol. The highest BCUT2D eigenvalue weighted by Crippen LogP contribution is 2.19. The van der Waals surface area contributed by atoms with Crippen LogP contribution in [0.3, 0.4) is 0 Å². The van der Waals surface area contributed by atoms with Gasteiger partial charge in [0.15, 0.2) is 11.4 Å². The number of carbonyl (C=O) groups is 1. The van der Waals surface area contributed by atoms with Crippen LogP contribution in [-0.4, -0.2) is 22.5 Å². The quantitative estimate of drug-likeness (QED) is 0.276. The molecule has 0 aliphatic rings. The first-order chi connectivity index (χ1) is 5.69. The molecule has 0 N–H and O–H groups in total. The van der Waals surface area contributed by atoms with Crippen molar-refractivity contribution in [2.45, 2.75) is 5.16 Å². The summed E-state index contributed by atoms with van der Waals surface area (Å²) in [6.45, 7) is 0. The van der Waals surface area contributed by atoms with Crippen LogP contribution in [0, 0.1) is 3.70 Å². The molecule has 0 amide bonds. The number of thioether (sulfide) groups is 1. The largest absolute Gasteiger partial charge is 0.298 e. The number of nitrogens with zero attached hydrogens (tertiary/aromatic N) is 2. The molecule has 6 heteroatoms. The van der Waals surface area contributed by atoms with Gasteiger partial charge in [-0.1, -0.05) is 23.4 Å². The van der Waals surface area contributed by atoms with E-state index in [9.17, 15) is 4.79 Å². The second kappa shape index (κ2) is 4.38. The van der Waals surface area contributed by atoms with Gasteiger partial charge >= 0.3 is 0 Å². The Morgan fingerprint density at radius 3 is 2.67 bits per heavy atom. The first kappa shape index (κ1) is 10.2. The molecule has 0 saturated heterocycles. The highest BCUT2D eigenvalue weighted by Gasteiger charge is 2.08. The minimum atomic E-state index is 0.216. The lowest BCUT2D eigenvalue weighted by atomic mass is 10.4. The highest BCUT2D eigenvalue weighted by molar-refractivity contribution is 14.1. The molecule has 1 aromatic rings. The number of rotatable bonds is 2. The minimum Gasteiger partial charge on any atom is -0.298 e. The molecule has 0 saturated carbocycles. The molecule has 12 heavy (non-hydrogen) atoms. The van der Waals surface area contributed by atoms with Crippen LogP contribution in [0.25, 0.3) is 0 Å². The van der Waals surface area contributed by atoms with Crippen LogP contribution < -0.4 is 0 Å². The Bertz CT molecular complexity index is 297. The van der Waals surface area contributed by atoms with Gasteiger partial charge in [0.2, 0.25) is 0 Å². The van der Waals surface area contributed by atoms with Gasteiger partial charge in [-0.3, -0.25) is 4.79 Å². The van der Waals surface area contributed by atoms with Crippen LogP contribution >= 0.6 is 46.0 Å². The Morgan fingerprint density at radius 1 is 1.58 bits per heavy atom. The fraction of sp³-hybridized carbons (Fsp3) is 0.167. The molecule has 1 rings (SSSR count). The van der Waals surface area contributed by atoms with Crippen LogP contribution in [-0.2, 0) is 0 Å². The van der Waals surface area contributed by atoms with Crippen LogP contribution in [0.4, 0.5) is 0 Å². The summed E-state index contributed by atoms with van der Waals surface area (Å²) >= 11 is 9.06. The van der Waals surface area contributed by atoms with Gasteiger partial charge in [0.1, 0.15) is 8.85 Å². The number of aromatic nitrogens is 2. The van der Waals surface area contributed by atoms with Crippen molar-refractivity contribution in [3.05, 3.63) is 14.4 Å². The van der Waals surface area contributed by atoms with Crippen molar-refractivity contribution < 1.29 is 4.79 Å². The lowest BCUT2D eigenvalue weighted by Gasteiger charge is -2.00. The van der Waals surface area contributed by atoms with Crippen LogP contribution in [0.15, 0.2) is 5.16 Å². The smallest absolute Gasteiger partial charge is 0.189 e. The summed E-state index contributed by atoms with van der Waals surface area (Å²) in [5.41, 5.74) is 0.357. The van der Waals surface area contributed by atoms with Gasteiger partial charge in [-0.2, -0.15) is 0 Å². The van der Waals surface area contributed by atoms with E-state index in [2.05, 4.69) is 9.97 Å². The molecule has 0 bridgehead atoms. The van der Waals surface area contributed by atoms with Crippen LogP contribution in [0.1, 0.15) is 10.4 Å². The Balaban J connectivity index is 3.27. The summed E-state index contributed by atoms with van der Waals surface area (Å²) in [4.78, 5) is 18.4. The van der Waals surface area contributed by atoms with Crippen molar-refractivity contribution in [1.82, 2.24) is 9.97 Å². The van der Waals surface area contributed by atoms with E-state index >= 15 is 0 Å². The molecule has 0 fully saturated rings. The molecule has 0 spiro atoms. The van der Waals surface area contributed by atoms with Crippen molar-refractivity contribution in [2.75, 3.05) is 6.26 Å². The van der Waals surface area contributed by atoms with Crippen molar-refractivity contribution in [3.8, 4) is 0 Å². The van der Waals surface area contributed by atoms with E-state index in [1.165, 1.54) is 11.8 Å². The fourth-order valence-electron chi connectivity index (χ4n) is 0.587.